The van der Waals surface area contributed by atoms with E-state index in [0.717, 1.165) is 16.6 Å². The van der Waals surface area contributed by atoms with Crippen LogP contribution in [0.5, 0.6) is 0 Å². The number of nitrogen functional groups attached to an aromatic ring is 1. The molecule has 1 heterocycles. The molecule has 3 aromatic rings. The smallest absolute Gasteiger partial charge is 0.206 e. The Morgan fingerprint density at radius 3 is 2.67 bits per heavy atom. The third-order valence-electron chi connectivity index (χ3n) is 3.00. The highest BCUT2D eigenvalue weighted by molar-refractivity contribution is 5.83. The number of imidazole rings is 1. The Bertz CT molecular complexity index is 731. The van der Waals surface area contributed by atoms with Crippen LogP contribution < -0.4 is 5.73 Å². The largest absolute Gasteiger partial charge is 0.369 e. The predicted molar refractivity (Wildman–Crippen MR) is 70.2 cm³/mol. The molecule has 0 spiro atoms. The summed E-state index contributed by atoms with van der Waals surface area (Å²) in [4.78, 5) is 4.27. The molecule has 0 unspecified atom stereocenters. The van der Waals surface area contributed by atoms with Crippen molar-refractivity contribution < 1.29 is 4.39 Å². The van der Waals surface area contributed by atoms with Gasteiger partial charge in [0, 0.05) is 0 Å². The van der Waals surface area contributed by atoms with Crippen LogP contribution >= 0.6 is 0 Å². The van der Waals surface area contributed by atoms with Gasteiger partial charge in [-0.05, 0) is 30.7 Å². The average Bonchev–Trinajstić information content (AvgIpc) is 2.68. The number of para-hydroxylation sites is 2. The minimum atomic E-state index is -0.313. The molecule has 1 aromatic heterocycles. The van der Waals surface area contributed by atoms with E-state index in [4.69, 9.17) is 5.73 Å². The van der Waals surface area contributed by atoms with Crippen molar-refractivity contribution in [2.45, 2.75) is 6.92 Å². The lowest BCUT2D eigenvalue weighted by Crippen LogP contribution is -2.03. The maximum absolute atomic E-state index is 13.9. The van der Waals surface area contributed by atoms with Gasteiger partial charge in [0.15, 0.2) is 0 Å². The fraction of sp³-hybridized carbons (Fsp3) is 0.0714. The summed E-state index contributed by atoms with van der Waals surface area (Å²) in [6.45, 7) is 1.96. The molecule has 0 amide bonds. The Kier molecular flexibility index (Phi) is 2.30. The molecule has 4 heteroatoms. The van der Waals surface area contributed by atoms with E-state index >= 15 is 0 Å². The van der Waals surface area contributed by atoms with Gasteiger partial charge >= 0.3 is 0 Å². The number of nitrogens with two attached hydrogens (primary N) is 1. The fourth-order valence-electron chi connectivity index (χ4n) is 2.19. The highest BCUT2D eigenvalue weighted by Crippen LogP contribution is 2.26. The number of fused-ring (bicyclic) bond motifs is 1. The zero-order valence-corrected chi connectivity index (χ0v) is 9.89. The van der Waals surface area contributed by atoms with Crippen LogP contribution in [0.2, 0.25) is 0 Å². The molecule has 0 saturated heterocycles. The molecule has 2 N–H and O–H groups in total. The molecular formula is C14H12FN3. The average molecular weight is 241 g/mol. The van der Waals surface area contributed by atoms with Crippen molar-refractivity contribution in [1.82, 2.24) is 9.55 Å². The predicted octanol–water partition coefficient (Wildman–Crippen LogP) is 3.06. The molecular weight excluding hydrogens is 229 g/mol. The molecule has 0 aliphatic heterocycles. The highest BCUT2D eigenvalue weighted by Gasteiger charge is 2.14. The molecule has 3 rings (SSSR count). The summed E-state index contributed by atoms with van der Waals surface area (Å²) in [6, 6.07) is 12.3. The van der Waals surface area contributed by atoms with Crippen LogP contribution in [-0.4, -0.2) is 9.55 Å². The van der Waals surface area contributed by atoms with Gasteiger partial charge in [0.05, 0.1) is 16.7 Å². The number of aryl methyl sites for hydroxylation is 1. The van der Waals surface area contributed by atoms with Crippen molar-refractivity contribution in [3.63, 3.8) is 0 Å². The summed E-state index contributed by atoms with van der Waals surface area (Å²) in [6.07, 6.45) is 0. The summed E-state index contributed by atoms with van der Waals surface area (Å²) < 4.78 is 15.5. The summed E-state index contributed by atoms with van der Waals surface area (Å²) in [7, 11) is 0. The van der Waals surface area contributed by atoms with Crippen LogP contribution in [0.4, 0.5) is 10.3 Å². The second-order valence-electron chi connectivity index (χ2n) is 4.20. The standard InChI is InChI=1S/C14H12FN3/c1-9-5-4-7-11-13(9)18(14(16)17-11)12-8-3-2-6-10(12)15/h2-8H,1H3,(H2,16,17). The molecule has 3 nitrogen and oxygen atoms in total. The number of benzene rings is 2. The number of hydrogen-bond donors (Lipinski definition) is 1. The second-order valence-corrected chi connectivity index (χ2v) is 4.20. The monoisotopic (exact) mass is 241 g/mol. The first kappa shape index (κ1) is 10.8. The Morgan fingerprint density at radius 2 is 1.89 bits per heavy atom. The molecule has 0 fully saturated rings. The Morgan fingerprint density at radius 1 is 1.11 bits per heavy atom. The Balaban J connectivity index is 2.43. The van der Waals surface area contributed by atoms with Crippen LogP contribution in [-0.2, 0) is 0 Å². The maximum Gasteiger partial charge on any atom is 0.206 e. The van der Waals surface area contributed by atoms with E-state index in [1.807, 2.05) is 25.1 Å². The van der Waals surface area contributed by atoms with Crippen LogP contribution in [0.15, 0.2) is 42.5 Å². The SMILES string of the molecule is Cc1cccc2nc(N)n(-c3ccccc3F)c12. The maximum atomic E-state index is 13.9. The number of aromatic nitrogens is 2. The first-order chi connectivity index (χ1) is 8.68. The van der Waals surface area contributed by atoms with E-state index in [0.29, 0.717) is 11.6 Å². The van der Waals surface area contributed by atoms with Gasteiger partial charge in [-0.3, -0.25) is 4.57 Å². The number of nitrogens with zero attached hydrogens (tertiary/aromatic N) is 2. The fourth-order valence-corrected chi connectivity index (χ4v) is 2.19. The third kappa shape index (κ3) is 1.46. The van der Waals surface area contributed by atoms with Crippen LogP contribution in [0.25, 0.3) is 16.7 Å². The minimum absolute atomic E-state index is 0.296. The molecule has 2 aromatic carbocycles. The van der Waals surface area contributed by atoms with Crippen LogP contribution in [0.3, 0.4) is 0 Å². The molecule has 18 heavy (non-hydrogen) atoms. The van der Waals surface area contributed by atoms with Gasteiger partial charge in [-0.2, -0.15) is 0 Å². The van der Waals surface area contributed by atoms with Gasteiger partial charge in [0.2, 0.25) is 5.95 Å². The zero-order valence-electron chi connectivity index (χ0n) is 9.89. The van der Waals surface area contributed by atoms with Gasteiger partial charge in [-0.1, -0.05) is 24.3 Å². The molecule has 90 valence electrons. The molecule has 0 aliphatic rings. The molecule has 0 atom stereocenters. The van der Waals surface area contributed by atoms with Crippen molar-refractivity contribution in [2.75, 3.05) is 5.73 Å². The minimum Gasteiger partial charge on any atom is -0.369 e. The van der Waals surface area contributed by atoms with Crippen molar-refractivity contribution >= 4 is 17.0 Å². The molecule has 0 radical (unpaired) electrons. The van der Waals surface area contributed by atoms with E-state index in [2.05, 4.69) is 4.98 Å². The van der Waals surface area contributed by atoms with Crippen molar-refractivity contribution in [1.29, 1.82) is 0 Å². The topological polar surface area (TPSA) is 43.8 Å². The number of anilines is 1. The van der Waals surface area contributed by atoms with Crippen molar-refractivity contribution in [2.24, 2.45) is 0 Å². The van der Waals surface area contributed by atoms with E-state index in [1.54, 1.807) is 22.8 Å². The van der Waals surface area contributed by atoms with Gasteiger partial charge in [-0.25, -0.2) is 9.37 Å². The molecule has 0 bridgehead atoms. The number of rotatable bonds is 1. The highest BCUT2D eigenvalue weighted by atomic mass is 19.1. The lowest BCUT2D eigenvalue weighted by Gasteiger charge is -2.08. The van der Waals surface area contributed by atoms with E-state index < -0.39 is 0 Å². The number of halogens is 1. The normalized spacial score (nSPS) is 11.0. The van der Waals surface area contributed by atoms with Gasteiger partial charge in [0.25, 0.3) is 0 Å². The first-order valence-electron chi connectivity index (χ1n) is 5.67. The van der Waals surface area contributed by atoms with Crippen LogP contribution in [0, 0.1) is 12.7 Å². The Hall–Kier alpha value is -2.36. The third-order valence-corrected chi connectivity index (χ3v) is 3.00. The van der Waals surface area contributed by atoms with Gasteiger partial charge < -0.3 is 5.73 Å². The van der Waals surface area contributed by atoms with Crippen LogP contribution in [0.1, 0.15) is 5.56 Å². The summed E-state index contributed by atoms with van der Waals surface area (Å²) in [5.74, 6) is -0.0175. The quantitative estimate of drug-likeness (QED) is 0.711. The summed E-state index contributed by atoms with van der Waals surface area (Å²) >= 11 is 0. The van der Waals surface area contributed by atoms with Crippen molar-refractivity contribution in [3.05, 3.63) is 53.8 Å². The Labute approximate surface area is 104 Å². The molecule has 0 aliphatic carbocycles. The first-order valence-corrected chi connectivity index (χ1v) is 5.67. The summed E-state index contributed by atoms with van der Waals surface area (Å²) in [5, 5.41) is 0. The summed E-state index contributed by atoms with van der Waals surface area (Å²) in [5.41, 5.74) is 8.97. The lowest BCUT2D eigenvalue weighted by atomic mass is 10.2. The van der Waals surface area contributed by atoms with Gasteiger partial charge in [0.1, 0.15) is 5.82 Å². The number of hydrogen-bond acceptors (Lipinski definition) is 2. The lowest BCUT2D eigenvalue weighted by molar-refractivity contribution is 0.620. The van der Waals surface area contributed by atoms with Gasteiger partial charge in [-0.15, -0.1) is 0 Å². The second kappa shape index (κ2) is 3.84. The van der Waals surface area contributed by atoms with E-state index in [9.17, 15) is 4.39 Å². The van der Waals surface area contributed by atoms with E-state index in [1.165, 1.54) is 6.07 Å². The van der Waals surface area contributed by atoms with E-state index in [-0.39, 0.29) is 5.82 Å². The molecule has 0 saturated carbocycles. The zero-order chi connectivity index (χ0) is 12.7. The van der Waals surface area contributed by atoms with Crippen molar-refractivity contribution in [3.8, 4) is 5.69 Å².